The van der Waals surface area contributed by atoms with Gasteiger partial charge in [0.2, 0.25) is 0 Å². The third-order valence-electron chi connectivity index (χ3n) is 1.77. The minimum Gasteiger partial charge on any atom is -0.504 e. The number of aryl methyl sites for hydroxylation is 1. The first-order chi connectivity index (χ1) is 7.25. The molecule has 0 fully saturated rings. The fourth-order valence-corrected chi connectivity index (χ4v) is 1.09. The maximum atomic E-state index is 9.62. The van der Waals surface area contributed by atoms with Crippen molar-refractivity contribution in [3.8, 4) is 0 Å². The molecule has 6 heteroatoms. The van der Waals surface area contributed by atoms with Crippen LogP contribution in [0.5, 0.6) is 0 Å². The van der Waals surface area contributed by atoms with E-state index >= 15 is 0 Å². The van der Waals surface area contributed by atoms with Crippen molar-refractivity contribution in [1.82, 2.24) is 25.1 Å². The Labute approximate surface area is 85.7 Å². The van der Waals surface area contributed by atoms with E-state index in [1.807, 2.05) is 6.92 Å². The van der Waals surface area contributed by atoms with Gasteiger partial charge >= 0.3 is 0 Å². The van der Waals surface area contributed by atoms with Gasteiger partial charge in [-0.25, -0.2) is 15.0 Å². The largest absolute Gasteiger partial charge is 0.504 e. The first kappa shape index (κ1) is 9.32. The van der Waals surface area contributed by atoms with E-state index in [0.717, 1.165) is 5.69 Å². The molecule has 0 unspecified atom stereocenters. The summed E-state index contributed by atoms with van der Waals surface area (Å²) in [4.78, 5) is 11.7. The highest BCUT2D eigenvalue weighted by molar-refractivity contribution is 5.71. The molecule has 2 N–H and O–H groups in total. The van der Waals surface area contributed by atoms with Gasteiger partial charge < -0.3 is 5.11 Å². The van der Waals surface area contributed by atoms with Crippen LogP contribution < -0.4 is 0 Å². The Morgan fingerprint density at radius 2 is 2.20 bits per heavy atom. The molecule has 0 spiro atoms. The highest BCUT2D eigenvalue weighted by atomic mass is 16.3. The van der Waals surface area contributed by atoms with Crippen LogP contribution in [0.3, 0.4) is 0 Å². The van der Waals surface area contributed by atoms with Gasteiger partial charge in [0.25, 0.3) is 0 Å². The average molecular weight is 203 g/mol. The summed E-state index contributed by atoms with van der Waals surface area (Å²) in [5, 5.41) is 15.8. The zero-order valence-electron chi connectivity index (χ0n) is 8.05. The number of H-pyrrole nitrogens is 1. The number of hydrogen-bond donors (Lipinski definition) is 2. The van der Waals surface area contributed by atoms with Crippen LogP contribution in [0.2, 0.25) is 0 Å². The molecule has 0 atom stereocenters. The monoisotopic (exact) mass is 203 g/mol. The molecule has 0 aliphatic carbocycles. The highest BCUT2D eigenvalue weighted by Crippen LogP contribution is 2.09. The van der Waals surface area contributed by atoms with Gasteiger partial charge in [-0.1, -0.05) is 0 Å². The number of aromatic amines is 1. The predicted molar refractivity (Wildman–Crippen MR) is 53.7 cm³/mol. The zero-order valence-corrected chi connectivity index (χ0v) is 8.05. The summed E-state index contributed by atoms with van der Waals surface area (Å²) in [5.74, 6) is 0.303. The van der Waals surface area contributed by atoms with E-state index in [-0.39, 0.29) is 5.76 Å². The molecule has 2 aromatic rings. The number of nitrogens with one attached hydrogen (secondary N) is 1. The van der Waals surface area contributed by atoms with E-state index < -0.39 is 0 Å². The van der Waals surface area contributed by atoms with Crippen LogP contribution >= 0.6 is 0 Å². The molecule has 0 aliphatic heterocycles. The summed E-state index contributed by atoms with van der Waals surface area (Å²) >= 11 is 0. The number of nitrogens with zero attached hydrogens (tertiary/aromatic N) is 4. The van der Waals surface area contributed by atoms with Gasteiger partial charge in [-0.05, 0) is 13.0 Å². The van der Waals surface area contributed by atoms with Gasteiger partial charge in [-0.3, -0.25) is 5.10 Å². The molecule has 2 heterocycles. The molecule has 0 saturated carbocycles. The summed E-state index contributed by atoms with van der Waals surface area (Å²) in [6.07, 6.45) is 4.26. The fraction of sp³-hybridized carbons (Fsp3) is 0.111. The molecule has 0 saturated heterocycles. The first-order valence-electron chi connectivity index (χ1n) is 4.31. The number of aliphatic hydroxyl groups is 1. The lowest BCUT2D eigenvalue weighted by molar-refractivity contribution is 0.508. The Kier molecular flexibility index (Phi) is 2.40. The third-order valence-corrected chi connectivity index (χ3v) is 1.77. The van der Waals surface area contributed by atoms with Crippen molar-refractivity contribution in [2.45, 2.75) is 6.92 Å². The predicted octanol–water partition coefficient (Wildman–Crippen LogP) is 0.959. The molecule has 0 radical (unpaired) electrons. The van der Waals surface area contributed by atoms with Crippen molar-refractivity contribution < 1.29 is 5.11 Å². The van der Waals surface area contributed by atoms with Crippen LogP contribution in [-0.2, 0) is 0 Å². The van der Waals surface area contributed by atoms with Crippen molar-refractivity contribution in [3.63, 3.8) is 0 Å². The molecular weight excluding hydrogens is 194 g/mol. The van der Waals surface area contributed by atoms with Crippen molar-refractivity contribution in [3.05, 3.63) is 35.9 Å². The van der Waals surface area contributed by atoms with Crippen LogP contribution in [0.1, 0.15) is 17.2 Å². The molecular formula is C9H9N5O. The molecule has 15 heavy (non-hydrogen) atoms. The van der Waals surface area contributed by atoms with Gasteiger partial charge in [0.1, 0.15) is 12.7 Å². The number of hydrogen-bond acceptors (Lipinski definition) is 5. The maximum Gasteiger partial charge on any atom is 0.190 e. The van der Waals surface area contributed by atoms with E-state index in [1.165, 1.54) is 18.7 Å². The lowest BCUT2D eigenvalue weighted by Gasteiger charge is -1.96. The van der Waals surface area contributed by atoms with Crippen molar-refractivity contribution in [2.75, 3.05) is 0 Å². The van der Waals surface area contributed by atoms with E-state index in [9.17, 15) is 5.11 Å². The topological polar surface area (TPSA) is 87.6 Å². The SMILES string of the molecule is Cc1cc(/C=C(\O)c2ncn[nH]2)ncn1. The number of rotatable bonds is 2. The smallest absolute Gasteiger partial charge is 0.190 e. The highest BCUT2D eigenvalue weighted by Gasteiger charge is 2.02. The van der Waals surface area contributed by atoms with Crippen molar-refractivity contribution in [2.24, 2.45) is 0 Å². The second-order valence-corrected chi connectivity index (χ2v) is 2.95. The molecule has 6 nitrogen and oxygen atoms in total. The van der Waals surface area contributed by atoms with E-state index in [2.05, 4.69) is 25.1 Å². The summed E-state index contributed by atoms with van der Waals surface area (Å²) in [6, 6.07) is 1.76. The molecule has 0 amide bonds. The second-order valence-electron chi connectivity index (χ2n) is 2.95. The van der Waals surface area contributed by atoms with Crippen molar-refractivity contribution in [1.29, 1.82) is 0 Å². The van der Waals surface area contributed by atoms with E-state index in [1.54, 1.807) is 6.07 Å². The van der Waals surface area contributed by atoms with Crippen LogP contribution in [-0.4, -0.2) is 30.3 Å². The number of aromatic nitrogens is 5. The summed E-state index contributed by atoms with van der Waals surface area (Å²) in [5.41, 5.74) is 1.46. The van der Waals surface area contributed by atoms with Crippen molar-refractivity contribution >= 4 is 11.8 Å². The average Bonchev–Trinajstić information content (AvgIpc) is 2.70. The molecule has 76 valence electrons. The van der Waals surface area contributed by atoms with E-state index in [4.69, 9.17) is 0 Å². The van der Waals surface area contributed by atoms with Crippen LogP contribution in [0, 0.1) is 6.92 Å². The fourth-order valence-electron chi connectivity index (χ4n) is 1.09. The van der Waals surface area contributed by atoms with Crippen LogP contribution in [0.25, 0.3) is 11.8 Å². The Morgan fingerprint density at radius 1 is 1.33 bits per heavy atom. The normalized spacial score (nSPS) is 11.7. The minimum absolute atomic E-state index is 0.00870. The quantitative estimate of drug-likeness (QED) is 0.710. The minimum atomic E-state index is -0.00870. The van der Waals surface area contributed by atoms with Gasteiger partial charge in [-0.2, -0.15) is 5.10 Å². The van der Waals surface area contributed by atoms with Gasteiger partial charge in [0.15, 0.2) is 11.6 Å². The third kappa shape index (κ3) is 2.16. The molecule has 0 aromatic carbocycles. The Hall–Kier alpha value is -2.24. The number of aliphatic hydroxyl groups excluding tert-OH is 1. The Bertz CT molecular complexity index is 477. The molecule has 0 aliphatic rings. The zero-order chi connectivity index (χ0) is 10.7. The Balaban J connectivity index is 2.31. The van der Waals surface area contributed by atoms with Gasteiger partial charge in [0.05, 0.1) is 5.69 Å². The molecule has 0 bridgehead atoms. The lowest BCUT2D eigenvalue weighted by Crippen LogP contribution is -1.90. The van der Waals surface area contributed by atoms with Gasteiger partial charge in [-0.15, -0.1) is 0 Å². The lowest BCUT2D eigenvalue weighted by atomic mass is 10.3. The van der Waals surface area contributed by atoms with E-state index in [0.29, 0.717) is 11.5 Å². The molecule has 2 aromatic heterocycles. The standard InChI is InChI=1S/C9H9N5O/c1-6-2-7(11-4-10-6)3-8(15)9-12-5-13-14-9/h2-5,15H,1H3,(H,12,13,14)/b8-3-. The second kappa shape index (κ2) is 3.87. The van der Waals surface area contributed by atoms with Gasteiger partial charge in [0, 0.05) is 11.8 Å². The first-order valence-corrected chi connectivity index (χ1v) is 4.31. The summed E-state index contributed by atoms with van der Waals surface area (Å²) in [6.45, 7) is 1.85. The Morgan fingerprint density at radius 3 is 2.87 bits per heavy atom. The summed E-state index contributed by atoms with van der Waals surface area (Å²) < 4.78 is 0. The summed E-state index contributed by atoms with van der Waals surface area (Å²) in [7, 11) is 0. The molecule has 2 rings (SSSR count). The maximum absolute atomic E-state index is 9.62. The van der Waals surface area contributed by atoms with Crippen LogP contribution in [0.15, 0.2) is 18.7 Å². The van der Waals surface area contributed by atoms with Crippen LogP contribution in [0.4, 0.5) is 0 Å².